The van der Waals surface area contributed by atoms with E-state index in [2.05, 4.69) is 4.98 Å². The Balaban J connectivity index is 1.83. The Bertz CT molecular complexity index is 463. The van der Waals surface area contributed by atoms with Crippen LogP contribution in [0.1, 0.15) is 19.8 Å². The molecule has 0 saturated carbocycles. The number of ether oxygens (including phenoxy) is 2. The number of anilines is 1. The molecular weight excluding hydrogens is 232 g/mol. The van der Waals surface area contributed by atoms with Gasteiger partial charge in [-0.2, -0.15) is 0 Å². The van der Waals surface area contributed by atoms with Gasteiger partial charge in [-0.15, -0.1) is 0 Å². The van der Waals surface area contributed by atoms with Gasteiger partial charge in [-0.25, -0.2) is 4.98 Å². The number of carbonyl (C=O) groups excluding carboxylic acids is 1. The quantitative estimate of drug-likeness (QED) is 0.753. The van der Waals surface area contributed by atoms with Crippen LogP contribution in [0.3, 0.4) is 0 Å². The average Bonchev–Trinajstić information content (AvgIpc) is 2.84. The second-order valence-electron chi connectivity index (χ2n) is 4.68. The van der Waals surface area contributed by atoms with Crippen molar-refractivity contribution in [3.05, 3.63) is 18.3 Å². The Hall–Kier alpha value is -1.62. The third-order valence-corrected chi connectivity index (χ3v) is 3.37. The Kier molecular flexibility index (Phi) is 2.91. The fraction of sp³-hybridized carbons (Fsp3) is 0.538. The zero-order valence-corrected chi connectivity index (χ0v) is 10.3. The molecule has 5 nitrogen and oxygen atoms in total. The molecule has 0 unspecified atom stereocenters. The van der Waals surface area contributed by atoms with Crippen LogP contribution >= 0.6 is 0 Å². The van der Waals surface area contributed by atoms with E-state index in [1.807, 2.05) is 19.1 Å². The SMILES string of the molecule is C[C@H]1CC[C@H](C(=O)N2CCOc3ncccc32)O1. The summed E-state index contributed by atoms with van der Waals surface area (Å²) < 4.78 is 11.1. The van der Waals surface area contributed by atoms with E-state index < -0.39 is 0 Å². The summed E-state index contributed by atoms with van der Waals surface area (Å²) in [5.74, 6) is 0.556. The van der Waals surface area contributed by atoms with Crippen LogP contribution in [0.4, 0.5) is 5.69 Å². The number of rotatable bonds is 1. The molecule has 1 aromatic heterocycles. The summed E-state index contributed by atoms with van der Waals surface area (Å²) in [7, 11) is 0. The van der Waals surface area contributed by atoms with E-state index in [-0.39, 0.29) is 18.1 Å². The number of fused-ring (bicyclic) bond motifs is 1. The van der Waals surface area contributed by atoms with Crippen molar-refractivity contribution in [2.24, 2.45) is 0 Å². The van der Waals surface area contributed by atoms with Crippen LogP contribution in [0, 0.1) is 0 Å². The van der Waals surface area contributed by atoms with Crippen LogP contribution in [0.25, 0.3) is 0 Å². The average molecular weight is 248 g/mol. The minimum atomic E-state index is -0.314. The van der Waals surface area contributed by atoms with E-state index in [9.17, 15) is 4.79 Å². The first-order valence-electron chi connectivity index (χ1n) is 6.30. The van der Waals surface area contributed by atoms with Gasteiger partial charge in [0, 0.05) is 6.20 Å². The van der Waals surface area contributed by atoms with Crippen LogP contribution in [-0.2, 0) is 9.53 Å². The van der Waals surface area contributed by atoms with Crippen LogP contribution in [0.5, 0.6) is 5.88 Å². The van der Waals surface area contributed by atoms with Gasteiger partial charge in [0.1, 0.15) is 18.4 Å². The highest BCUT2D eigenvalue weighted by atomic mass is 16.5. The van der Waals surface area contributed by atoms with Crippen molar-refractivity contribution >= 4 is 11.6 Å². The van der Waals surface area contributed by atoms with Gasteiger partial charge in [-0.3, -0.25) is 4.79 Å². The highest BCUT2D eigenvalue weighted by molar-refractivity contribution is 5.98. The molecule has 96 valence electrons. The topological polar surface area (TPSA) is 51.7 Å². The van der Waals surface area contributed by atoms with E-state index in [0.29, 0.717) is 19.0 Å². The third-order valence-electron chi connectivity index (χ3n) is 3.37. The normalized spacial score (nSPS) is 26.6. The van der Waals surface area contributed by atoms with Gasteiger partial charge < -0.3 is 14.4 Å². The molecule has 3 heterocycles. The number of aromatic nitrogens is 1. The lowest BCUT2D eigenvalue weighted by Crippen LogP contribution is -2.44. The first-order valence-corrected chi connectivity index (χ1v) is 6.30. The van der Waals surface area contributed by atoms with E-state index in [0.717, 1.165) is 18.5 Å². The monoisotopic (exact) mass is 248 g/mol. The summed E-state index contributed by atoms with van der Waals surface area (Å²) in [5, 5.41) is 0. The molecule has 2 aliphatic heterocycles. The van der Waals surface area contributed by atoms with Crippen molar-refractivity contribution in [2.75, 3.05) is 18.1 Å². The van der Waals surface area contributed by atoms with Crippen molar-refractivity contribution in [1.29, 1.82) is 0 Å². The van der Waals surface area contributed by atoms with Crippen LogP contribution in [0.2, 0.25) is 0 Å². The standard InChI is InChI=1S/C13H16N2O3/c1-9-4-5-11(18-9)13(16)15-7-8-17-12-10(15)3-2-6-14-12/h2-3,6,9,11H,4-5,7-8H2,1H3/t9-,11+/m0/s1. The highest BCUT2D eigenvalue weighted by Gasteiger charge is 2.34. The number of pyridine rings is 1. The lowest BCUT2D eigenvalue weighted by molar-refractivity contribution is -0.129. The maximum absolute atomic E-state index is 12.4. The van der Waals surface area contributed by atoms with Crippen molar-refractivity contribution in [3.8, 4) is 5.88 Å². The minimum absolute atomic E-state index is 0.0249. The van der Waals surface area contributed by atoms with Crippen molar-refractivity contribution in [3.63, 3.8) is 0 Å². The molecule has 1 saturated heterocycles. The van der Waals surface area contributed by atoms with Crippen molar-refractivity contribution in [2.45, 2.75) is 32.0 Å². The van der Waals surface area contributed by atoms with Gasteiger partial charge in [0.2, 0.25) is 5.88 Å². The van der Waals surface area contributed by atoms with Gasteiger partial charge >= 0.3 is 0 Å². The molecule has 1 aromatic rings. The second kappa shape index (κ2) is 4.57. The smallest absolute Gasteiger partial charge is 0.256 e. The molecule has 0 bridgehead atoms. The Morgan fingerprint density at radius 2 is 2.39 bits per heavy atom. The molecule has 18 heavy (non-hydrogen) atoms. The van der Waals surface area contributed by atoms with Crippen molar-refractivity contribution < 1.29 is 14.3 Å². The van der Waals surface area contributed by atoms with Gasteiger partial charge in [0.15, 0.2) is 0 Å². The Labute approximate surface area is 106 Å². The second-order valence-corrected chi connectivity index (χ2v) is 4.68. The number of hydrogen-bond donors (Lipinski definition) is 0. The first-order chi connectivity index (χ1) is 8.75. The lowest BCUT2D eigenvalue weighted by Gasteiger charge is -2.30. The van der Waals surface area contributed by atoms with Gasteiger partial charge in [0.25, 0.3) is 5.91 Å². The molecule has 0 aromatic carbocycles. The predicted molar refractivity (Wildman–Crippen MR) is 65.7 cm³/mol. The number of nitrogens with zero attached hydrogens (tertiary/aromatic N) is 2. The van der Waals surface area contributed by atoms with E-state index >= 15 is 0 Å². The number of amides is 1. The first kappa shape index (κ1) is 11.5. The van der Waals surface area contributed by atoms with Crippen LogP contribution in [0.15, 0.2) is 18.3 Å². The zero-order valence-electron chi connectivity index (χ0n) is 10.3. The molecule has 2 aliphatic rings. The summed E-state index contributed by atoms with van der Waals surface area (Å²) in [4.78, 5) is 18.3. The van der Waals surface area contributed by atoms with E-state index in [1.54, 1.807) is 11.1 Å². The lowest BCUT2D eigenvalue weighted by atomic mass is 10.1. The van der Waals surface area contributed by atoms with Gasteiger partial charge in [-0.1, -0.05) is 0 Å². The molecule has 0 spiro atoms. The zero-order chi connectivity index (χ0) is 12.5. The maximum Gasteiger partial charge on any atom is 0.256 e. The molecule has 0 radical (unpaired) electrons. The molecule has 5 heteroatoms. The molecule has 0 N–H and O–H groups in total. The molecule has 3 rings (SSSR count). The van der Waals surface area contributed by atoms with Gasteiger partial charge in [-0.05, 0) is 31.9 Å². The van der Waals surface area contributed by atoms with Gasteiger partial charge in [0.05, 0.1) is 12.6 Å². The largest absolute Gasteiger partial charge is 0.474 e. The fourth-order valence-electron chi connectivity index (χ4n) is 2.44. The van der Waals surface area contributed by atoms with E-state index in [4.69, 9.17) is 9.47 Å². The van der Waals surface area contributed by atoms with Crippen LogP contribution in [-0.4, -0.2) is 36.3 Å². The summed E-state index contributed by atoms with van der Waals surface area (Å²) in [6.45, 7) is 3.05. The van der Waals surface area contributed by atoms with Crippen LogP contribution < -0.4 is 9.64 Å². The van der Waals surface area contributed by atoms with E-state index in [1.165, 1.54) is 0 Å². The third kappa shape index (κ3) is 1.95. The predicted octanol–water partition coefficient (Wildman–Crippen LogP) is 1.37. The minimum Gasteiger partial charge on any atom is -0.474 e. The number of carbonyl (C=O) groups is 1. The van der Waals surface area contributed by atoms with Crippen molar-refractivity contribution in [1.82, 2.24) is 4.98 Å². The molecule has 2 atom stereocenters. The molecule has 0 aliphatic carbocycles. The number of hydrogen-bond acceptors (Lipinski definition) is 4. The summed E-state index contributed by atoms with van der Waals surface area (Å²) in [6.07, 6.45) is 3.27. The molecular formula is C13H16N2O3. The summed E-state index contributed by atoms with van der Waals surface area (Å²) in [6, 6.07) is 3.67. The summed E-state index contributed by atoms with van der Waals surface area (Å²) in [5.41, 5.74) is 0.747. The summed E-state index contributed by atoms with van der Waals surface area (Å²) >= 11 is 0. The maximum atomic E-state index is 12.4. The molecule has 1 fully saturated rings. The fourth-order valence-corrected chi connectivity index (χ4v) is 2.44. The Morgan fingerprint density at radius 1 is 1.50 bits per heavy atom. The Morgan fingerprint density at radius 3 is 3.17 bits per heavy atom. The molecule has 1 amide bonds. The highest BCUT2D eigenvalue weighted by Crippen LogP contribution is 2.31.